The highest BCUT2D eigenvalue weighted by atomic mass is 16.6. The average molecular weight is 440 g/mol. The quantitative estimate of drug-likeness (QED) is 0.628. The average Bonchev–Trinajstić information content (AvgIpc) is 2.86. The molecule has 0 saturated carbocycles. The molecule has 0 fully saturated rings. The fourth-order valence-corrected chi connectivity index (χ4v) is 4.20. The predicted octanol–water partition coefficient (Wildman–Crippen LogP) is 4.63. The largest absolute Gasteiger partial charge is 0.486 e. The van der Waals surface area contributed by atoms with Gasteiger partial charge in [0.2, 0.25) is 11.8 Å². The number of benzene rings is 3. The van der Waals surface area contributed by atoms with Crippen LogP contribution in [0.1, 0.15) is 23.5 Å². The van der Waals surface area contributed by atoms with Crippen LogP contribution in [-0.4, -0.2) is 31.6 Å². The lowest BCUT2D eigenvalue weighted by Crippen LogP contribution is -2.39. The molecule has 6 heteroatoms. The number of rotatable bonds is 5. The molecule has 2 heterocycles. The Morgan fingerprint density at radius 3 is 2.58 bits per heavy atom. The first-order chi connectivity index (χ1) is 16.2. The van der Waals surface area contributed by atoms with Crippen LogP contribution in [0.25, 0.3) is 6.08 Å². The van der Waals surface area contributed by atoms with Crippen LogP contribution in [0.4, 0.5) is 11.4 Å². The fourth-order valence-electron chi connectivity index (χ4n) is 4.20. The summed E-state index contributed by atoms with van der Waals surface area (Å²) in [7, 11) is 0. The predicted molar refractivity (Wildman–Crippen MR) is 128 cm³/mol. The van der Waals surface area contributed by atoms with Crippen LogP contribution in [0.2, 0.25) is 0 Å². The number of nitrogens with zero attached hydrogens (tertiary/aromatic N) is 1. The summed E-state index contributed by atoms with van der Waals surface area (Å²) in [5, 5.41) is 2.87. The van der Waals surface area contributed by atoms with Gasteiger partial charge < -0.3 is 19.7 Å². The SMILES string of the molecule is O=C1CC(C(=O)N(C/C=C/c2ccccc2)c2ccc3c(c2)OCCO3)c2ccccc2N1. The first kappa shape index (κ1) is 20.8. The molecular formula is C27H24N2O4. The highest BCUT2D eigenvalue weighted by Crippen LogP contribution is 2.37. The highest BCUT2D eigenvalue weighted by Gasteiger charge is 2.34. The van der Waals surface area contributed by atoms with Crippen molar-refractivity contribution >= 4 is 29.3 Å². The van der Waals surface area contributed by atoms with E-state index < -0.39 is 5.92 Å². The van der Waals surface area contributed by atoms with Crippen LogP contribution < -0.4 is 19.7 Å². The lowest BCUT2D eigenvalue weighted by molar-refractivity contribution is -0.124. The lowest BCUT2D eigenvalue weighted by Gasteiger charge is -2.31. The number of hydrogen-bond acceptors (Lipinski definition) is 4. The van der Waals surface area contributed by atoms with Crippen LogP contribution in [-0.2, 0) is 9.59 Å². The molecule has 6 nitrogen and oxygen atoms in total. The number of fused-ring (bicyclic) bond motifs is 2. The van der Waals surface area contributed by atoms with Crippen molar-refractivity contribution in [3.05, 3.63) is 90.0 Å². The van der Waals surface area contributed by atoms with E-state index in [2.05, 4.69) is 5.32 Å². The molecule has 1 N–H and O–H groups in total. The maximum Gasteiger partial charge on any atom is 0.235 e. The molecule has 0 saturated heterocycles. The summed E-state index contributed by atoms with van der Waals surface area (Å²) in [5.74, 6) is 0.430. The van der Waals surface area contributed by atoms with E-state index in [0.29, 0.717) is 42.6 Å². The summed E-state index contributed by atoms with van der Waals surface area (Å²) in [5.41, 5.74) is 3.27. The molecule has 1 atom stereocenters. The van der Waals surface area contributed by atoms with Gasteiger partial charge in [0.15, 0.2) is 11.5 Å². The maximum absolute atomic E-state index is 13.9. The van der Waals surface area contributed by atoms with Crippen molar-refractivity contribution < 1.29 is 19.1 Å². The van der Waals surface area contributed by atoms with Gasteiger partial charge in [-0.25, -0.2) is 0 Å². The lowest BCUT2D eigenvalue weighted by atomic mass is 9.89. The molecular weight excluding hydrogens is 416 g/mol. The van der Waals surface area contributed by atoms with E-state index in [1.807, 2.05) is 84.9 Å². The third-order valence-electron chi connectivity index (χ3n) is 5.80. The molecule has 0 bridgehead atoms. The van der Waals surface area contributed by atoms with Crippen molar-refractivity contribution in [1.29, 1.82) is 0 Å². The summed E-state index contributed by atoms with van der Waals surface area (Å²) in [6.45, 7) is 1.32. The Hall–Kier alpha value is -4.06. The highest BCUT2D eigenvalue weighted by molar-refractivity contribution is 6.06. The number of carbonyl (C=O) groups is 2. The van der Waals surface area contributed by atoms with E-state index in [4.69, 9.17) is 9.47 Å². The zero-order chi connectivity index (χ0) is 22.6. The van der Waals surface area contributed by atoms with E-state index in [-0.39, 0.29) is 18.2 Å². The third kappa shape index (κ3) is 4.46. The number of carbonyl (C=O) groups excluding carboxylic acids is 2. The van der Waals surface area contributed by atoms with Crippen LogP contribution in [0.3, 0.4) is 0 Å². The van der Waals surface area contributed by atoms with Crippen molar-refractivity contribution in [2.24, 2.45) is 0 Å². The van der Waals surface area contributed by atoms with E-state index in [1.165, 1.54) is 0 Å². The van der Waals surface area contributed by atoms with Gasteiger partial charge in [-0.15, -0.1) is 0 Å². The topological polar surface area (TPSA) is 67.9 Å². The van der Waals surface area contributed by atoms with Crippen LogP contribution in [0.15, 0.2) is 78.9 Å². The number of anilines is 2. The van der Waals surface area contributed by atoms with Gasteiger partial charge in [-0.05, 0) is 29.3 Å². The second kappa shape index (κ2) is 9.20. The monoisotopic (exact) mass is 440 g/mol. The van der Waals surface area contributed by atoms with Crippen molar-refractivity contribution in [2.45, 2.75) is 12.3 Å². The van der Waals surface area contributed by atoms with Crippen molar-refractivity contribution in [3.63, 3.8) is 0 Å². The van der Waals surface area contributed by atoms with Crippen molar-refractivity contribution in [1.82, 2.24) is 0 Å². The molecule has 2 amide bonds. The van der Waals surface area contributed by atoms with Gasteiger partial charge in [0, 0.05) is 30.4 Å². The maximum atomic E-state index is 13.9. The van der Waals surface area contributed by atoms with Crippen LogP contribution >= 0.6 is 0 Å². The Labute approximate surface area is 192 Å². The van der Waals surface area contributed by atoms with Gasteiger partial charge >= 0.3 is 0 Å². The molecule has 5 rings (SSSR count). The molecule has 0 radical (unpaired) electrons. The summed E-state index contributed by atoms with van der Waals surface area (Å²) < 4.78 is 11.4. The molecule has 0 aliphatic carbocycles. The normalized spacial score (nSPS) is 16.7. The Kier molecular flexibility index (Phi) is 5.81. The second-order valence-electron chi connectivity index (χ2n) is 7.98. The van der Waals surface area contributed by atoms with Crippen molar-refractivity contribution in [3.8, 4) is 11.5 Å². The minimum absolute atomic E-state index is 0.110. The van der Waals surface area contributed by atoms with Gasteiger partial charge in [0.1, 0.15) is 13.2 Å². The van der Waals surface area contributed by atoms with Crippen LogP contribution in [0, 0.1) is 0 Å². The Morgan fingerprint density at radius 1 is 0.970 bits per heavy atom. The second-order valence-corrected chi connectivity index (χ2v) is 7.98. The summed E-state index contributed by atoms with van der Waals surface area (Å²) in [4.78, 5) is 27.9. The standard InChI is InChI=1S/C27H24N2O4/c30-26-18-22(21-10-4-5-11-23(21)28-26)27(31)29(14-6-9-19-7-2-1-3-8-19)20-12-13-24-25(17-20)33-16-15-32-24/h1-13,17,22H,14-16,18H2,(H,28,30)/b9-6+. The number of para-hydroxylation sites is 1. The Bertz CT molecular complexity index is 1210. The molecule has 1 unspecified atom stereocenters. The first-order valence-corrected chi connectivity index (χ1v) is 11.0. The van der Waals surface area contributed by atoms with E-state index in [9.17, 15) is 9.59 Å². The Morgan fingerprint density at radius 2 is 1.73 bits per heavy atom. The zero-order valence-electron chi connectivity index (χ0n) is 18.1. The number of nitrogens with one attached hydrogen (secondary N) is 1. The third-order valence-corrected chi connectivity index (χ3v) is 5.80. The molecule has 2 aliphatic heterocycles. The minimum atomic E-state index is -0.562. The molecule has 0 spiro atoms. The first-order valence-electron chi connectivity index (χ1n) is 11.0. The number of amides is 2. The fraction of sp³-hybridized carbons (Fsp3) is 0.185. The number of ether oxygens (including phenoxy) is 2. The van der Waals surface area contributed by atoms with E-state index in [1.54, 1.807) is 4.90 Å². The van der Waals surface area contributed by atoms with Gasteiger partial charge in [-0.2, -0.15) is 0 Å². The molecule has 0 aromatic heterocycles. The smallest absolute Gasteiger partial charge is 0.235 e. The summed E-state index contributed by atoms with van der Waals surface area (Å²) in [6.07, 6.45) is 4.05. The molecule has 3 aromatic carbocycles. The van der Waals surface area contributed by atoms with Gasteiger partial charge in [-0.1, -0.05) is 60.7 Å². The molecule has 166 valence electrons. The zero-order valence-corrected chi connectivity index (χ0v) is 18.1. The van der Waals surface area contributed by atoms with E-state index in [0.717, 1.165) is 11.1 Å². The molecule has 33 heavy (non-hydrogen) atoms. The van der Waals surface area contributed by atoms with Gasteiger partial charge in [0.05, 0.1) is 5.92 Å². The summed E-state index contributed by atoms with van der Waals surface area (Å²) >= 11 is 0. The van der Waals surface area contributed by atoms with Gasteiger partial charge in [0.25, 0.3) is 0 Å². The van der Waals surface area contributed by atoms with Gasteiger partial charge in [-0.3, -0.25) is 9.59 Å². The van der Waals surface area contributed by atoms with Crippen LogP contribution in [0.5, 0.6) is 11.5 Å². The summed E-state index contributed by atoms with van der Waals surface area (Å²) in [6, 6.07) is 22.9. The molecule has 2 aliphatic rings. The molecule has 3 aromatic rings. The number of hydrogen-bond donors (Lipinski definition) is 1. The minimum Gasteiger partial charge on any atom is -0.486 e. The Balaban J connectivity index is 1.49. The van der Waals surface area contributed by atoms with Crippen molar-refractivity contribution in [2.75, 3.05) is 30.0 Å². The van der Waals surface area contributed by atoms with E-state index >= 15 is 0 Å².